The molecule has 2 atom stereocenters. The largest absolute Gasteiger partial charge is 0.480 e. The average molecular weight is 243 g/mol. The first kappa shape index (κ1) is 11.8. The Labute approximate surface area is 99.2 Å². The number of hydrogen-bond donors (Lipinski definition) is 2. The zero-order valence-corrected chi connectivity index (χ0v) is 10.4. The average Bonchev–Trinajstić information content (AvgIpc) is 2.40. The molecule has 0 aromatic rings. The Morgan fingerprint density at radius 1 is 1.50 bits per heavy atom. The van der Waals surface area contributed by atoms with Crippen molar-refractivity contribution in [3.8, 4) is 0 Å². The molecule has 2 fully saturated rings. The van der Waals surface area contributed by atoms with Gasteiger partial charge in [0.2, 0.25) is 5.91 Å². The van der Waals surface area contributed by atoms with Crippen LogP contribution in [0.25, 0.3) is 0 Å². The highest BCUT2D eigenvalue weighted by molar-refractivity contribution is 7.99. The number of rotatable bonds is 1. The lowest BCUT2D eigenvalue weighted by molar-refractivity contribution is -0.142. The lowest BCUT2D eigenvalue weighted by Gasteiger charge is -2.43. The predicted octanol–water partition coefficient (Wildman–Crippen LogP) is 1.11. The van der Waals surface area contributed by atoms with E-state index in [0.717, 1.165) is 17.9 Å². The Kier molecular flexibility index (Phi) is 2.69. The molecule has 4 nitrogen and oxygen atoms in total. The molecular weight excluding hydrogens is 226 g/mol. The topological polar surface area (TPSA) is 66.4 Å². The molecule has 5 heteroatoms. The molecular formula is C11H17NO3S. The van der Waals surface area contributed by atoms with E-state index in [4.69, 9.17) is 0 Å². The standard InChI is InChI=1S/C11H17NO3S/c1-10(2)4-11(6-16-5-10)3-7(13)12-8(11)9(14)15/h8H,3-6H2,1-2H3,(H,12,13)(H,14,15). The van der Waals surface area contributed by atoms with E-state index >= 15 is 0 Å². The van der Waals surface area contributed by atoms with E-state index < -0.39 is 12.0 Å². The van der Waals surface area contributed by atoms with Gasteiger partial charge in [0, 0.05) is 17.6 Å². The van der Waals surface area contributed by atoms with Gasteiger partial charge in [-0.25, -0.2) is 4.79 Å². The molecule has 0 aliphatic carbocycles. The summed E-state index contributed by atoms with van der Waals surface area (Å²) in [7, 11) is 0. The highest BCUT2D eigenvalue weighted by Crippen LogP contribution is 2.50. The third kappa shape index (κ3) is 1.93. The van der Waals surface area contributed by atoms with Crippen LogP contribution < -0.4 is 5.32 Å². The number of carboxylic acids is 1. The smallest absolute Gasteiger partial charge is 0.326 e. The van der Waals surface area contributed by atoms with Crippen LogP contribution in [0.3, 0.4) is 0 Å². The van der Waals surface area contributed by atoms with Crippen molar-refractivity contribution in [3.63, 3.8) is 0 Å². The molecule has 0 aromatic carbocycles. The summed E-state index contributed by atoms with van der Waals surface area (Å²) in [4.78, 5) is 22.7. The molecule has 0 saturated carbocycles. The summed E-state index contributed by atoms with van der Waals surface area (Å²) in [6.07, 6.45) is 1.17. The van der Waals surface area contributed by atoms with Crippen LogP contribution in [0.2, 0.25) is 0 Å². The molecule has 2 aliphatic heterocycles. The van der Waals surface area contributed by atoms with Gasteiger partial charge in [-0.1, -0.05) is 13.8 Å². The summed E-state index contributed by atoms with van der Waals surface area (Å²) in [5, 5.41) is 11.8. The third-order valence-electron chi connectivity index (χ3n) is 3.39. The molecule has 1 spiro atoms. The predicted molar refractivity (Wildman–Crippen MR) is 62.3 cm³/mol. The van der Waals surface area contributed by atoms with Gasteiger partial charge in [-0.2, -0.15) is 11.8 Å². The van der Waals surface area contributed by atoms with Crippen LogP contribution in [0.15, 0.2) is 0 Å². The second-order valence-corrected chi connectivity index (χ2v) is 6.70. The Morgan fingerprint density at radius 2 is 2.19 bits per heavy atom. The van der Waals surface area contributed by atoms with E-state index in [1.165, 1.54) is 0 Å². The maximum Gasteiger partial charge on any atom is 0.326 e. The van der Waals surface area contributed by atoms with Crippen LogP contribution in [-0.2, 0) is 9.59 Å². The van der Waals surface area contributed by atoms with Crippen LogP contribution in [-0.4, -0.2) is 34.5 Å². The van der Waals surface area contributed by atoms with Gasteiger partial charge in [-0.3, -0.25) is 4.79 Å². The SMILES string of the molecule is CC1(C)CSCC2(CC(=O)NC2C(=O)O)C1. The molecule has 2 heterocycles. The number of hydrogen-bond acceptors (Lipinski definition) is 3. The van der Waals surface area contributed by atoms with Crippen molar-refractivity contribution in [1.82, 2.24) is 5.32 Å². The fourth-order valence-electron chi connectivity index (χ4n) is 3.00. The molecule has 0 aromatic heterocycles. The van der Waals surface area contributed by atoms with Crippen LogP contribution in [0.5, 0.6) is 0 Å². The number of carbonyl (C=O) groups is 2. The van der Waals surface area contributed by atoms with Crippen LogP contribution >= 0.6 is 11.8 Å². The second-order valence-electron chi connectivity index (χ2n) is 5.71. The monoisotopic (exact) mass is 243 g/mol. The lowest BCUT2D eigenvalue weighted by atomic mass is 9.70. The minimum Gasteiger partial charge on any atom is -0.480 e. The molecule has 2 N–H and O–H groups in total. The zero-order chi connectivity index (χ0) is 12.0. The second kappa shape index (κ2) is 3.65. The Hall–Kier alpha value is -0.710. The van der Waals surface area contributed by atoms with Gasteiger partial charge < -0.3 is 10.4 Å². The van der Waals surface area contributed by atoms with Gasteiger partial charge in [0.05, 0.1) is 0 Å². The van der Waals surface area contributed by atoms with Gasteiger partial charge in [-0.05, 0) is 17.6 Å². The molecule has 0 bridgehead atoms. The first-order valence-electron chi connectivity index (χ1n) is 5.45. The Morgan fingerprint density at radius 3 is 2.75 bits per heavy atom. The quantitative estimate of drug-likeness (QED) is 0.724. The van der Waals surface area contributed by atoms with E-state index in [1.807, 2.05) is 0 Å². The molecule has 16 heavy (non-hydrogen) atoms. The Bertz CT molecular complexity index is 342. The minimum absolute atomic E-state index is 0.114. The third-order valence-corrected chi connectivity index (χ3v) is 5.15. The number of aliphatic carboxylic acids is 1. The highest BCUT2D eigenvalue weighted by Gasteiger charge is 2.54. The van der Waals surface area contributed by atoms with Crippen molar-refractivity contribution >= 4 is 23.6 Å². The number of nitrogens with one attached hydrogen (secondary N) is 1. The normalized spacial score (nSPS) is 37.4. The first-order chi connectivity index (χ1) is 7.35. The van der Waals surface area contributed by atoms with E-state index in [2.05, 4.69) is 19.2 Å². The molecule has 2 rings (SSSR count). The number of amides is 1. The van der Waals surface area contributed by atoms with Crippen molar-refractivity contribution in [2.24, 2.45) is 10.8 Å². The maximum absolute atomic E-state index is 11.5. The van der Waals surface area contributed by atoms with E-state index in [-0.39, 0.29) is 16.7 Å². The van der Waals surface area contributed by atoms with Gasteiger partial charge in [0.15, 0.2) is 0 Å². The van der Waals surface area contributed by atoms with Crippen LogP contribution in [0.1, 0.15) is 26.7 Å². The Balaban J connectivity index is 2.28. The zero-order valence-electron chi connectivity index (χ0n) is 9.58. The molecule has 2 aliphatic rings. The van der Waals surface area contributed by atoms with Gasteiger partial charge in [-0.15, -0.1) is 0 Å². The molecule has 90 valence electrons. The van der Waals surface area contributed by atoms with Crippen molar-refractivity contribution in [2.75, 3.05) is 11.5 Å². The minimum atomic E-state index is -0.899. The van der Waals surface area contributed by atoms with Crippen molar-refractivity contribution in [3.05, 3.63) is 0 Å². The maximum atomic E-state index is 11.5. The van der Waals surface area contributed by atoms with Gasteiger partial charge >= 0.3 is 5.97 Å². The molecule has 2 unspecified atom stereocenters. The van der Waals surface area contributed by atoms with Crippen LogP contribution in [0, 0.1) is 10.8 Å². The van der Waals surface area contributed by atoms with Crippen molar-refractivity contribution < 1.29 is 14.7 Å². The fourth-order valence-corrected chi connectivity index (χ4v) is 4.53. The summed E-state index contributed by atoms with van der Waals surface area (Å²) in [5.74, 6) is 0.788. The molecule has 0 radical (unpaired) electrons. The van der Waals surface area contributed by atoms with E-state index in [0.29, 0.717) is 6.42 Å². The van der Waals surface area contributed by atoms with Crippen molar-refractivity contribution in [2.45, 2.75) is 32.7 Å². The highest BCUT2D eigenvalue weighted by atomic mass is 32.2. The summed E-state index contributed by atoms with van der Waals surface area (Å²) in [6, 6.07) is -0.702. The summed E-state index contributed by atoms with van der Waals surface area (Å²) >= 11 is 1.77. The summed E-state index contributed by atoms with van der Waals surface area (Å²) in [5.41, 5.74) is -0.266. The van der Waals surface area contributed by atoms with Crippen LogP contribution in [0.4, 0.5) is 0 Å². The molecule has 1 amide bonds. The fraction of sp³-hybridized carbons (Fsp3) is 0.818. The van der Waals surface area contributed by atoms with Gasteiger partial charge in [0.25, 0.3) is 0 Å². The summed E-state index contributed by atoms with van der Waals surface area (Å²) < 4.78 is 0. The van der Waals surface area contributed by atoms with E-state index in [1.54, 1.807) is 11.8 Å². The summed E-state index contributed by atoms with van der Waals surface area (Å²) in [6.45, 7) is 4.28. The van der Waals surface area contributed by atoms with Gasteiger partial charge in [0.1, 0.15) is 6.04 Å². The molecule has 2 saturated heterocycles. The van der Waals surface area contributed by atoms with Crippen molar-refractivity contribution in [1.29, 1.82) is 0 Å². The number of carbonyl (C=O) groups excluding carboxylic acids is 1. The lowest BCUT2D eigenvalue weighted by Crippen LogP contribution is -2.49. The first-order valence-corrected chi connectivity index (χ1v) is 6.60. The number of carboxylic acid groups (broad SMARTS) is 1. The van der Waals surface area contributed by atoms with E-state index in [9.17, 15) is 14.7 Å². The number of thioether (sulfide) groups is 1.